The second-order valence-corrected chi connectivity index (χ2v) is 14.8. The van der Waals surface area contributed by atoms with Crippen LogP contribution in [0.4, 0.5) is 5.69 Å². The molecule has 6 aromatic rings. The van der Waals surface area contributed by atoms with Crippen LogP contribution in [-0.4, -0.2) is 8.07 Å². The molecule has 0 fully saturated rings. The zero-order chi connectivity index (χ0) is 25.9. The first kappa shape index (κ1) is 23.2. The van der Waals surface area contributed by atoms with E-state index in [1.54, 1.807) is 0 Å². The lowest BCUT2D eigenvalue weighted by Crippen LogP contribution is -2.54. The number of hydrogen-bond donors (Lipinski definition) is 0. The molecule has 0 N–H and O–H groups in total. The first-order valence-electron chi connectivity index (χ1n) is 12.6. The fourth-order valence-corrected chi connectivity index (χ4v) is 8.43. The molecule has 0 unspecified atom stereocenters. The molecule has 4 heteroatoms. The molecule has 180 valence electrons. The normalized spacial score (nSPS) is 11.9. The Kier molecular flexibility index (Phi) is 5.29. The molecule has 0 saturated heterocycles. The summed E-state index contributed by atoms with van der Waals surface area (Å²) >= 11 is 0. The number of rotatable bonds is 3. The van der Waals surface area contributed by atoms with Crippen LogP contribution in [-0.2, 0) is 7.05 Å². The van der Waals surface area contributed by atoms with Crippen molar-refractivity contribution in [2.75, 3.05) is 0 Å². The smallest absolute Gasteiger partial charge is 0.216 e. The van der Waals surface area contributed by atoms with Crippen molar-refractivity contribution in [3.05, 3.63) is 107 Å². The van der Waals surface area contributed by atoms with Crippen molar-refractivity contribution in [1.29, 1.82) is 0 Å². The molecule has 0 aliphatic rings. The molecule has 0 amide bonds. The summed E-state index contributed by atoms with van der Waals surface area (Å²) in [5, 5.41) is 6.29. The minimum Gasteiger partial charge on any atom is -0.456 e. The SMILES string of the molecule is [C-]#[N+]c1ccc2c(c1)oc1c(-c3cc([Si](C)(C)c4ccccc4)c4ccccc4[n+]3C)c(C)c(C)cc12. The Balaban J connectivity index is 1.74. The molecule has 0 atom stereocenters. The van der Waals surface area contributed by atoms with Crippen molar-refractivity contribution >= 4 is 57.0 Å². The van der Waals surface area contributed by atoms with Crippen LogP contribution < -0.4 is 14.9 Å². The molecule has 0 aliphatic carbocycles. The van der Waals surface area contributed by atoms with Crippen molar-refractivity contribution in [3.8, 4) is 11.3 Å². The number of nitrogens with zero attached hydrogens (tertiary/aromatic N) is 2. The second-order valence-electron chi connectivity index (χ2n) is 10.5. The highest BCUT2D eigenvalue weighted by Crippen LogP contribution is 2.39. The van der Waals surface area contributed by atoms with Crippen molar-refractivity contribution in [2.24, 2.45) is 7.05 Å². The van der Waals surface area contributed by atoms with Crippen molar-refractivity contribution in [3.63, 3.8) is 0 Å². The van der Waals surface area contributed by atoms with Crippen LogP contribution in [0.3, 0.4) is 0 Å². The van der Waals surface area contributed by atoms with E-state index in [9.17, 15) is 0 Å². The molecule has 2 heterocycles. The number of hydrogen-bond acceptors (Lipinski definition) is 1. The van der Waals surface area contributed by atoms with E-state index >= 15 is 0 Å². The molecule has 0 saturated carbocycles. The Morgan fingerprint density at radius 2 is 1.54 bits per heavy atom. The zero-order valence-electron chi connectivity index (χ0n) is 21.9. The van der Waals surface area contributed by atoms with Crippen LogP contribution in [0.2, 0.25) is 13.1 Å². The summed E-state index contributed by atoms with van der Waals surface area (Å²) < 4.78 is 8.86. The van der Waals surface area contributed by atoms with E-state index in [0.29, 0.717) is 5.69 Å². The summed E-state index contributed by atoms with van der Waals surface area (Å²) in [6, 6.07) is 30.1. The topological polar surface area (TPSA) is 21.4 Å². The average molecular weight is 498 g/mol. The minimum atomic E-state index is -2.03. The second kappa shape index (κ2) is 8.43. The van der Waals surface area contributed by atoms with Gasteiger partial charge in [0.2, 0.25) is 11.2 Å². The van der Waals surface area contributed by atoms with E-state index < -0.39 is 8.07 Å². The minimum absolute atomic E-state index is 0.593. The zero-order valence-corrected chi connectivity index (χ0v) is 22.9. The molecule has 4 aromatic carbocycles. The number of fused-ring (bicyclic) bond motifs is 4. The van der Waals surface area contributed by atoms with Gasteiger partial charge in [0.05, 0.1) is 12.1 Å². The van der Waals surface area contributed by atoms with E-state index in [4.69, 9.17) is 11.0 Å². The van der Waals surface area contributed by atoms with Crippen LogP contribution in [0.25, 0.3) is 48.9 Å². The number of benzene rings is 4. The number of pyridine rings is 1. The van der Waals surface area contributed by atoms with Gasteiger partial charge in [-0.25, -0.2) is 4.85 Å². The third-order valence-electron chi connectivity index (χ3n) is 8.02. The van der Waals surface area contributed by atoms with E-state index in [0.717, 1.165) is 33.2 Å². The van der Waals surface area contributed by atoms with Crippen molar-refractivity contribution in [1.82, 2.24) is 0 Å². The van der Waals surface area contributed by atoms with Crippen LogP contribution >= 0.6 is 0 Å². The predicted octanol–water partition coefficient (Wildman–Crippen LogP) is 7.22. The van der Waals surface area contributed by atoms with Gasteiger partial charge in [0.15, 0.2) is 5.69 Å². The van der Waals surface area contributed by atoms with Gasteiger partial charge in [-0.05, 0) is 48.4 Å². The Labute approximate surface area is 218 Å². The maximum Gasteiger partial charge on any atom is 0.216 e. The molecule has 2 aromatic heterocycles. The predicted molar refractivity (Wildman–Crippen MR) is 157 cm³/mol. The lowest BCUT2D eigenvalue weighted by atomic mass is 9.96. The van der Waals surface area contributed by atoms with Gasteiger partial charge in [0.1, 0.15) is 26.3 Å². The van der Waals surface area contributed by atoms with Gasteiger partial charge in [-0.2, -0.15) is 4.57 Å². The standard InChI is InChI=1S/C33H29N2OSi/c1-21-18-27-25-17-16-23(34-3)19-30(25)36-33(27)32(22(21)2)29-20-31(26-14-10-11-15-28(26)35(29)4)37(5,6)24-12-8-7-9-13-24/h7-20H,1-2,4-6H3/q+1. The highest BCUT2D eigenvalue weighted by atomic mass is 28.3. The van der Waals surface area contributed by atoms with Crippen LogP contribution in [0.5, 0.6) is 0 Å². The Morgan fingerprint density at radius 1 is 0.811 bits per heavy atom. The summed E-state index contributed by atoms with van der Waals surface area (Å²) in [5.74, 6) is 0. The van der Waals surface area contributed by atoms with Gasteiger partial charge >= 0.3 is 0 Å². The summed E-state index contributed by atoms with van der Waals surface area (Å²) in [4.78, 5) is 3.61. The highest BCUT2D eigenvalue weighted by molar-refractivity contribution is 7.01. The van der Waals surface area contributed by atoms with E-state index in [-0.39, 0.29) is 0 Å². The van der Waals surface area contributed by atoms with Gasteiger partial charge in [0.25, 0.3) is 0 Å². The largest absolute Gasteiger partial charge is 0.456 e. The maximum absolute atomic E-state index is 7.44. The van der Waals surface area contributed by atoms with Crippen LogP contribution in [0.15, 0.2) is 89.3 Å². The Hall–Kier alpha value is -4.20. The van der Waals surface area contributed by atoms with E-state index in [1.807, 2.05) is 18.2 Å². The van der Waals surface area contributed by atoms with Gasteiger partial charge in [-0.3, -0.25) is 0 Å². The third-order valence-corrected chi connectivity index (χ3v) is 11.6. The average Bonchev–Trinajstić information content (AvgIpc) is 3.27. The van der Waals surface area contributed by atoms with Crippen LogP contribution in [0.1, 0.15) is 11.1 Å². The van der Waals surface area contributed by atoms with Gasteiger partial charge in [-0.1, -0.05) is 72.9 Å². The summed E-state index contributed by atoms with van der Waals surface area (Å²) in [7, 11) is 0.132. The molecular formula is C33H29N2OSi+. The maximum atomic E-state index is 7.44. The molecule has 0 bridgehead atoms. The molecule has 6 rings (SSSR count). The number of para-hydroxylation sites is 1. The van der Waals surface area contributed by atoms with Gasteiger partial charge in [-0.15, -0.1) is 0 Å². The molecule has 0 aliphatic heterocycles. The molecule has 3 nitrogen and oxygen atoms in total. The summed E-state index contributed by atoms with van der Waals surface area (Å²) in [5.41, 5.74) is 8.18. The first-order valence-corrected chi connectivity index (χ1v) is 15.6. The quantitative estimate of drug-likeness (QED) is 0.144. The molecule has 37 heavy (non-hydrogen) atoms. The van der Waals surface area contributed by atoms with E-state index in [1.165, 1.54) is 32.4 Å². The Morgan fingerprint density at radius 3 is 2.30 bits per heavy atom. The summed E-state index contributed by atoms with van der Waals surface area (Å²) in [6.45, 7) is 16.7. The fraction of sp³-hybridized carbons (Fsp3) is 0.152. The van der Waals surface area contributed by atoms with Gasteiger partial charge in [0, 0.05) is 28.3 Å². The van der Waals surface area contributed by atoms with Crippen LogP contribution in [0, 0.1) is 20.4 Å². The molecular weight excluding hydrogens is 468 g/mol. The molecule has 0 radical (unpaired) electrons. The van der Waals surface area contributed by atoms with Crippen molar-refractivity contribution in [2.45, 2.75) is 26.9 Å². The first-order chi connectivity index (χ1) is 17.8. The monoisotopic (exact) mass is 497 g/mol. The fourth-order valence-electron chi connectivity index (χ4n) is 5.71. The number of aryl methyl sites for hydroxylation is 2. The Bertz CT molecular complexity index is 1890. The number of furan rings is 1. The highest BCUT2D eigenvalue weighted by Gasteiger charge is 2.33. The van der Waals surface area contributed by atoms with Gasteiger partial charge < -0.3 is 4.42 Å². The lowest BCUT2D eigenvalue weighted by Gasteiger charge is -2.25. The molecule has 0 spiro atoms. The van der Waals surface area contributed by atoms with Crippen molar-refractivity contribution < 1.29 is 8.98 Å². The third kappa shape index (κ3) is 3.50. The van der Waals surface area contributed by atoms with E-state index in [2.05, 4.69) is 110 Å². The number of aromatic nitrogens is 1. The summed E-state index contributed by atoms with van der Waals surface area (Å²) in [6.07, 6.45) is 0. The lowest BCUT2D eigenvalue weighted by molar-refractivity contribution is -0.633.